The van der Waals surface area contributed by atoms with E-state index in [0.29, 0.717) is 6.42 Å². The van der Waals surface area contributed by atoms with Crippen molar-refractivity contribution >= 4 is 32.9 Å². The number of piperidine rings is 1. The second-order valence-corrected chi connectivity index (χ2v) is 7.50. The molecule has 5 nitrogen and oxygen atoms in total. The van der Waals surface area contributed by atoms with Crippen LogP contribution in [0.5, 0.6) is 0 Å². The van der Waals surface area contributed by atoms with Gasteiger partial charge in [0.25, 0.3) is 0 Å². The monoisotopic (exact) mass is 393 g/mol. The van der Waals surface area contributed by atoms with Gasteiger partial charge >= 0.3 is 0 Å². The summed E-state index contributed by atoms with van der Waals surface area (Å²) in [4.78, 5) is 19.1. The predicted octanol–water partition coefficient (Wildman–Crippen LogP) is 3.98. The number of amides is 1. The lowest BCUT2D eigenvalue weighted by atomic mass is 9.98. The predicted molar refractivity (Wildman–Crippen MR) is 97.6 cm³/mol. The Labute approximate surface area is 150 Å². The largest absolute Gasteiger partial charge is 0.393 e. The summed E-state index contributed by atoms with van der Waals surface area (Å²) in [5.41, 5.74) is 1.93. The number of aromatic nitrogens is 2. The smallest absolute Gasteiger partial charge is 0.220 e. The molecule has 2 aliphatic rings. The molecule has 1 amide bonds. The van der Waals surface area contributed by atoms with E-state index in [4.69, 9.17) is 5.11 Å². The van der Waals surface area contributed by atoms with Gasteiger partial charge in [0.05, 0.1) is 23.2 Å². The molecular weight excluding hydrogens is 370 g/mol. The van der Waals surface area contributed by atoms with Gasteiger partial charge in [-0.3, -0.25) is 4.79 Å². The fourth-order valence-corrected chi connectivity index (χ4v) is 3.62. The van der Waals surface area contributed by atoms with Crippen molar-refractivity contribution in [2.24, 2.45) is 0 Å². The van der Waals surface area contributed by atoms with Gasteiger partial charge in [0, 0.05) is 10.9 Å². The molecule has 1 aliphatic heterocycles. The van der Waals surface area contributed by atoms with Gasteiger partial charge in [0.2, 0.25) is 5.91 Å². The summed E-state index contributed by atoms with van der Waals surface area (Å²) in [7, 11) is 0. The van der Waals surface area contributed by atoms with Crippen molar-refractivity contribution in [3.05, 3.63) is 28.5 Å². The lowest BCUT2D eigenvalue weighted by Crippen LogP contribution is -2.32. The molecule has 2 heterocycles. The van der Waals surface area contributed by atoms with Crippen molar-refractivity contribution in [1.82, 2.24) is 15.3 Å². The molecule has 6 heteroatoms. The Kier molecular flexibility index (Phi) is 5.89. The van der Waals surface area contributed by atoms with Crippen LogP contribution in [-0.2, 0) is 4.79 Å². The van der Waals surface area contributed by atoms with E-state index in [9.17, 15) is 4.79 Å². The fraction of sp³-hybridized carbons (Fsp3) is 0.556. The van der Waals surface area contributed by atoms with Crippen molar-refractivity contribution in [2.45, 2.75) is 63.5 Å². The second kappa shape index (κ2) is 8.12. The molecule has 1 atom stereocenters. The number of imidazole rings is 1. The third-order valence-corrected chi connectivity index (χ3v) is 5.09. The van der Waals surface area contributed by atoms with Crippen LogP contribution in [0.2, 0.25) is 0 Å². The summed E-state index contributed by atoms with van der Waals surface area (Å²) in [6, 6.07) is 5.95. The number of hydrogen-bond acceptors (Lipinski definition) is 3. The van der Waals surface area contributed by atoms with Crippen LogP contribution in [0.4, 0.5) is 0 Å². The zero-order valence-electron chi connectivity index (χ0n) is 13.7. The molecule has 1 saturated heterocycles. The van der Waals surface area contributed by atoms with Gasteiger partial charge in [-0.2, -0.15) is 0 Å². The highest BCUT2D eigenvalue weighted by atomic mass is 79.9. The summed E-state index contributed by atoms with van der Waals surface area (Å²) in [6.45, 7) is 0. The van der Waals surface area contributed by atoms with Crippen LogP contribution in [0.15, 0.2) is 22.7 Å². The average molecular weight is 394 g/mol. The van der Waals surface area contributed by atoms with Crippen LogP contribution < -0.4 is 5.32 Å². The van der Waals surface area contributed by atoms with Crippen LogP contribution in [0, 0.1) is 0 Å². The molecule has 0 spiro atoms. The van der Waals surface area contributed by atoms with Gasteiger partial charge in [-0.25, -0.2) is 4.98 Å². The summed E-state index contributed by atoms with van der Waals surface area (Å²) in [5, 5.41) is 11.9. The number of rotatable bonds is 1. The number of aliphatic hydroxyl groups excluding tert-OH is 1. The van der Waals surface area contributed by atoms with E-state index in [1.54, 1.807) is 0 Å². The number of nitrogens with zero attached hydrogens (tertiary/aromatic N) is 1. The number of nitrogens with one attached hydrogen (secondary N) is 2. The van der Waals surface area contributed by atoms with Gasteiger partial charge in [0.15, 0.2) is 0 Å². The Balaban J connectivity index is 0.000000203. The minimum atomic E-state index is 0.0300. The van der Waals surface area contributed by atoms with Crippen molar-refractivity contribution in [3.63, 3.8) is 0 Å². The first-order valence-electron chi connectivity index (χ1n) is 8.74. The minimum Gasteiger partial charge on any atom is -0.393 e. The van der Waals surface area contributed by atoms with E-state index in [2.05, 4.69) is 31.2 Å². The molecule has 1 saturated carbocycles. The number of aromatic amines is 1. The van der Waals surface area contributed by atoms with Crippen LogP contribution in [-0.4, -0.2) is 27.1 Å². The molecule has 1 aliphatic carbocycles. The van der Waals surface area contributed by atoms with E-state index in [1.807, 2.05) is 18.2 Å². The van der Waals surface area contributed by atoms with Crippen LogP contribution in [0.25, 0.3) is 11.0 Å². The first kappa shape index (κ1) is 17.4. The van der Waals surface area contributed by atoms with E-state index in [1.165, 1.54) is 19.3 Å². The number of carbonyl (C=O) groups excluding carboxylic acids is 1. The Hall–Kier alpha value is -1.40. The molecule has 130 valence electrons. The quantitative estimate of drug-likeness (QED) is 0.685. The Morgan fingerprint density at radius 2 is 1.92 bits per heavy atom. The maximum absolute atomic E-state index is 11.4. The number of carbonyl (C=O) groups is 1. The van der Waals surface area contributed by atoms with Crippen molar-refractivity contribution < 1.29 is 9.90 Å². The van der Waals surface area contributed by atoms with Crippen molar-refractivity contribution in [2.75, 3.05) is 0 Å². The van der Waals surface area contributed by atoms with Gasteiger partial charge < -0.3 is 15.4 Å². The van der Waals surface area contributed by atoms with Crippen molar-refractivity contribution in [3.8, 4) is 0 Å². The third-order valence-electron chi connectivity index (χ3n) is 4.60. The number of benzene rings is 1. The normalized spacial score (nSPS) is 21.9. The topological polar surface area (TPSA) is 78.0 Å². The second-order valence-electron chi connectivity index (χ2n) is 6.59. The summed E-state index contributed by atoms with van der Waals surface area (Å²) in [5.74, 6) is 0.967. The number of hydrogen-bond donors (Lipinski definition) is 3. The Morgan fingerprint density at radius 1 is 1.12 bits per heavy atom. The lowest BCUT2D eigenvalue weighted by molar-refractivity contribution is -0.123. The summed E-state index contributed by atoms with van der Waals surface area (Å²) in [6.07, 6.45) is 8.43. The van der Waals surface area contributed by atoms with Crippen molar-refractivity contribution in [1.29, 1.82) is 0 Å². The van der Waals surface area contributed by atoms with Gasteiger partial charge in [-0.05, 0) is 43.9 Å². The first-order chi connectivity index (χ1) is 11.6. The number of fused-ring (bicyclic) bond motifs is 1. The average Bonchev–Trinajstić information content (AvgIpc) is 2.99. The fourth-order valence-electron chi connectivity index (χ4n) is 3.26. The molecule has 1 aromatic heterocycles. The van der Waals surface area contributed by atoms with E-state index >= 15 is 0 Å². The SMILES string of the molecule is O=C1CCC[C@@H](c2nc3ccc(Br)cc3[nH]2)N1.OC1CCCCC1. The third kappa shape index (κ3) is 4.57. The number of H-pyrrole nitrogens is 1. The zero-order chi connectivity index (χ0) is 16.9. The molecule has 2 aromatic rings. The summed E-state index contributed by atoms with van der Waals surface area (Å²) >= 11 is 3.43. The maximum atomic E-state index is 11.4. The Morgan fingerprint density at radius 3 is 2.58 bits per heavy atom. The van der Waals surface area contributed by atoms with Crippen LogP contribution in [0.3, 0.4) is 0 Å². The maximum Gasteiger partial charge on any atom is 0.220 e. The summed E-state index contributed by atoms with van der Waals surface area (Å²) < 4.78 is 1.02. The molecule has 0 bridgehead atoms. The number of halogens is 1. The van der Waals surface area contributed by atoms with E-state index in [-0.39, 0.29) is 18.1 Å². The van der Waals surface area contributed by atoms with Gasteiger partial charge in [0.1, 0.15) is 5.82 Å². The lowest BCUT2D eigenvalue weighted by Gasteiger charge is -2.20. The van der Waals surface area contributed by atoms with Gasteiger partial charge in [-0.15, -0.1) is 0 Å². The van der Waals surface area contributed by atoms with E-state index in [0.717, 1.165) is 47.0 Å². The minimum absolute atomic E-state index is 0.0300. The molecule has 4 rings (SSSR count). The highest BCUT2D eigenvalue weighted by Gasteiger charge is 2.22. The van der Waals surface area contributed by atoms with Gasteiger partial charge in [-0.1, -0.05) is 35.2 Å². The zero-order valence-corrected chi connectivity index (χ0v) is 15.3. The van der Waals surface area contributed by atoms with E-state index < -0.39 is 0 Å². The van der Waals surface area contributed by atoms with Crippen LogP contribution in [0.1, 0.15) is 63.2 Å². The molecule has 0 unspecified atom stereocenters. The molecule has 2 fully saturated rings. The first-order valence-corrected chi connectivity index (χ1v) is 9.54. The molecular formula is C18H24BrN3O2. The molecule has 0 radical (unpaired) electrons. The standard InChI is InChI=1S/C12H12BrN3O.C6H12O/c13-7-4-5-8-10(6-7)16-12(15-8)9-2-1-3-11(17)14-9;7-6-4-2-1-3-5-6/h4-6,9H,1-3H2,(H,14,17)(H,15,16);6-7H,1-5H2/t9-;/m0./s1. The Bertz CT molecular complexity index is 695. The number of aliphatic hydroxyl groups is 1. The van der Waals surface area contributed by atoms with Crippen LogP contribution >= 0.6 is 15.9 Å². The highest BCUT2D eigenvalue weighted by Crippen LogP contribution is 2.25. The highest BCUT2D eigenvalue weighted by molar-refractivity contribution is 9.10. The molecule has 3 N–H and O–H groups in total. The molecule has 24 heavy (non-hydrogen) atoms. The molecule has 1 aromatic carbocycles.